The molecular weight excluding hydrogens is 538 g/mol. The number of amides is 1. The lowest BCUT2D eigenvalue weighted by Gasteiger charge is -2.21. The summed E-state index contributed by atoms with van der Waals surface area (Å²) in [6.07, 6.45) is 2.79. The van der Waals surface area contributed by atoms with E-state index in [1.54, 1.807) is 31.4 Å². The fourth-order valence-corrected chi connectivity index (χ4v) is 5.41. The number of rotatable bonds is 6. The van der Waals surface area contributed by atoms with E-state index in [-0.39, 0.29) is 5.91 Å². The minimum Gasteiger partial charge on any atom is -0.455 e. The van der Waals surface area contributed by atoms with Crippen molar-refractivity contribution in [2.24, 2.45) is 0 Å². The zero-order valence-electron chi connectivity index (χ0n) is 22.9. The second-order valence-electron chi connectivity index (χ2n) is 9.93. The number of hydrogen-bond acceptors (Lipinski definition) is 6. The van der Waals surface area contributed by atoms with Gasteiger partial charge in [-0.25, -0.2) is 8.42 Å². The second-order valence-corrected chi connectivity index (χ2v) is 11.9. The van der Waals surface area contributed by atoms with Crippen LogP contribution >= 0.6 is 0 Å². The van der Waals surface area contributed by atoms with Gasteiger partial charge in [0.05, 0.1) is 17.5 Å². The molecule has 1 N–H and O–H groups in total. The zero-order valence-corrected chi connectivity index (χ0v) is 23.7. The van der Waals surface area contributed by atoms with Gasteiger partial charge >= 0.3 is 0 Å². The largest absolute Gasteiger partial charge is 0.455 e. The van der Waals surface area contributed by atoms with Crippen LogP contribution in [0.25, 0.3) is 55.8 Å². The van der Waals surface area contributed by atoms with Gasteiger partial charge in [0.1, 0.15) is 22.6 Å². The quantitative estimate of drug-likeness (QED) is 0.243. The van der Waals surface area contributed by atoms with Gasteiger partial charge in [-0.15, -0.1) is 0 Å². The third-order valence-electron chi connectivity index (χ3n) is 7.16. The Bertz CT molecular complexity index is 2020. The van der Waals surface area contributed by atoms with Gasteiger partial charge in [0.25, 0.3) is 5.91 Å². The smallest absolute Gasteiger partial charge is 0.255 e. The number of furan rings is 2. The van der Waals surface area contributed by atoms with Gasteiger partial charge in [-0.2, -0.15) is 0 Å². The highest BCUT2D eigenvalue weighted by atomic mass is 32.2. The summed E-state index contributed by atoms with van der Waals surface area (Å²) in [6, 6.07) is 24.4. The summed E-state index contributed by atoms with van der Waals surface area (Å²) in [6.45, 7) is 1.98. The van der Waals surface area contributed by atoms with Crippen LogP contribution in [0.4, 0.5) is 5.69 Å². The molecule has 206 valence electrons. The number of aromatic nitrogens is 1. The first-order valence-electron chi connectivity index (χ1n) is 12.9. The number of sulfonamides is 1. The van der Waals surface area contributed by atoms with Gasteiger partial charge in [-0.1, -0.05) is 48.0 Å². The van der Waals surface area contributed by atoms with Crippen LogP contribution in [0.5, 0.6) is 0 Å². The third kappa shape index (κ3) is 4.74. The van der Waals surface area contributed by atoms with Gasteiger partial charge < -0.3 is 14.2 Å². The molecule has 0 aliphatic heterocycles. The van der Waals surface area contributed by atoms with Crippen LogP contribution in [0.15, 0.2) is 93.9 Å². The van der Waals surface area contributed by atoms with E-state index in [1.165, 1.54) is 11.4 Å². The Morgan fingerprint density at radius 3 is 2.37 bits per heavy atom. The Balaban J connectivity index is 1.61. The van der Waals surface area contributed by atoms with E-state index >= 15 is 0 Å². The molecular formula is C32H27N3O5S. The van der Waals surface area contributed by atoms with Crippen LogP contribution in [0, 0.1) is 6.92 Å². The maximum absolute atomic E-state index is 13.2. The van der Waals surface area contributed by atoms with Crippen molar-refractivity contribution in [3.63, 3.8) is 0 Å². The molecule has 1 amide bonds. The number of aryl methyl sites for hydroxylation is 1. The van der Waals surface area contributed by atoms with Crippen molar-refractivity contribution in [3.8, 4) is 33.9 Å². The standard InChI is InChI=1S/C32H27N3O5S/c1-19-9-11-20(12-10-19)31-30(32(36)33-2)24-17-23(26(18-28(24)40-31)35(3)41(4,37)38)21-13-14-34-25(15-21)29-16-22-7-5-6-8-27(22)39-29/h5-18H,1-4H3,(H,33,36). The Morgan fingerprint density at radius 1 is 0.902 bits per heavy atom. The summed E-state index contributed by atoms with van der Waals surface area (Å²) in [5.41, 5.74) is 5.58. The number of carbonyl (C=O) groups excluding carboxylic acids is 1. The summed E-state index contributed by atoms with van der Waals surface area (Å²) in [4.78, 5) is 17.7. The minimum atomic E-state index is -3.64. The normalized spacial score (nSPS) is 11.7. The molecule has 0 bridgehead atoms. The fraction of sp³-hybridized carbons (Fsp3) is 0.125. The van der Waals surface area contributed by atoms with Crippen molar-refractivity contribution >= 4 is 43.6 Å². The van der Waals surface area contributed by atoms with E-state index in [4.69, 9.17) is 8.83 Å². The van der Waals surface area contributed by atoms with Crippen LogP contribution in [-0.2, 0) is 10.0 Å². The lowest BCUT2D eigenvalue weighted by Crippen LogP contribution is -2.25. The van der Waals surface area contributed by atoms with E-state index in [0.29, 0.717) is 50.6 Å². The van der Waals surface area contributed by atoms with E-state index in [0.717, 1.165) is 28.4 Å². The molecule has 6 rings (SSSR count). The highest BCUT2D eigenvalue weighted by Crippen LogP contribution is 2.42. The average Bonchev–Trinajstić information content (AvgIpc) is 3.57. The maximum atomic E-state index is 13.2. The average molecular weight is 566 g/mol. The number of hydrogen-bond donors (Lipinski definition) is 1. The first-order chi connectivity index (χ1) is 19.6. The number of benzene rings is 3. The molecule has 0 aliphatic carbocycles. The van der Waals surface area contributed by atoms with Crippen LogP contribution in [0.3, 0.4) is 0 Å². The number of carbonyl (C=O) groups is 1. The van der Waals surface area contributed by atoms with Crippen LogP contribution in [0.1, 0.15) is 15.9 Å². The highest BCUT2D eigenvalue weighted by Gasteiger charge is 2.26. The predicted molar refractivity (Wildman–Crippen MR) is 161 cm³/mol. The molecule has 0 atom stereocenters. The third-order valence-corrected chi connectivity index (χ3v) is 8.35. The molecule has 0 radical (unpaired) electrons. The number of para-hydroxylation sites is 1. The van der Waals surface area contributed by atoms with Crippen molar-refractivity contribution in [2.75, 3.05) is 24.7 Å². The zero-order chi connectivity index (χ0) is 28.9. The molecule has 3 heterocycles. The topological polar surface area (TPSA) is 106 Å². The molecule has 0 spiro atoms. The molecule has 6 aromatic rings. The molecule has 9 heteroatoms. The monoisotopic (exact) mass is 565 g/mol. The summed E-state index contributed by atoms with van der Waals surface area (Å²) in [7, 11) is -0.582. The van der Waals surface area contributed by atoms with Gasteiger partial charge in [-0.05, 0) is 42.8 Å². The Kier molecular flexibility index (Phi) is 6.38. The molecule has 0 fully saturated rings. The van der Waals surface area contributed by atoms with Crippen molar-refractivity contribution in [2.45, 2.75) is 6.92 Å². The number of nitrogens with zero attached hydrogens (tertiary/aromatic N) is 2. The number of fused-ring (bicyclic) bond motifs is 2. The lowest BCUT2D eigenvalue weighted by molar-refractivity contribution is 0.0964. The van der Waals surface area contributed by atoms with Crippen LogP contribution in [-0.4, -0.2) is 39.7 Å². The lowest BCUT2D eigenvalue weighted by atomic mass is 9.98. The first-order valence-corrected chi connectivity index (χ1v) is 14.8. The molecule has 8 nitrogen and oxygen atoms in total. The minimum absolute atomic E-state index is 0.313. The Hall–Kier alpha value is -4.89. The summed E-state index contributed by atoms with van der Waals surface area (Å²) >= 11 is 0. The number of nitrogens with one attached hydrogen (secondary N) is 1. The van der Waals surface area contributed by atoms with E-state index in [9.17, 15) is 13.2 Å². The SMILES string of the molecule is CNC(=O)c1c(-c2ccc(C)cc2)oc2cc(N(C)S(C)(=O)=O)c(-c3ccnc(-c4cc5ccccc5o4)c3)cc12. The van der Waals surface area contributed by atoms with Crippen LogP contribution < -0.4 is 9.62 Å². The van der Waals surface area contributed by atoms with Gasteiger partial charge in [-0.3, -0.25) is 14.1 Å². The molecule has 3 aromatic heterocycles. The molecule has 41 heavy (non-hydrogen) atoms. The van der Waals surface area contributed by atoms with E-state index in [1.807, 2.05) is 67.6 Å². The molecule has 3 aromatic carbocycles. The Labute approximate surface area is 237 Å². The second kappa shape index (κ2) is 9.94. The van der Waals surface area contributed by atoms with Crippen molar-refractivity contribution in [1.29, 1.82) is 0 Å². The van der Waals surface area contributed by atoms with Gasteiger partial charge in [0.15, 0.2) is 5.76 Å². The van der Waals surface area contributed by atoms with Crippen molar-refractivity contribution < 1.29 is 22.0 Å². The molecule has 0 saturated heterocycles. The van der Waals surface area contributed by atoms with Gasteiger partial charge in [0.2, 0.25) is 10.0 Å². The van der Waals surface area contributed by atoms with Gasteiger partial charge in [0, 0.05) is 48.3 Å². The Morgan fingerprint density at radius 2 is 1.66 bits per heavy atom. The fourth-order valence-electron chi connectivity index (χ4n) is 4.90. The molecule has 0 aliphatic rings. The van der Waals surface area contributed by atoms with E-state index in [2.05, 4.69) is 10.3 Å². The number of pyridine rings is 1. The number of anilines is 1. The first kappa shape index (κ1) is 26.3. The predicted octanol–water partition coefficient (Wildman–Crippen LogP) is 6.64. The summed E-state index contributed by atoms with van der Waals surface area (Å²) in [5.74, 6) is 0.678. The van der Waals surface area contributed by atoms with Crippen molar-refractivity contribution in [1.82, 2.24) is 10.3 Å². The maximum Gasteiger partial charge on any atom is 0.255 e. The van der Waals surface area contributed by atoms with Crippen LogP contribution in [0.2, 0.25) is 0 Å². The van der Waals surface area contributed by atoms with Crippen molar-refractivity contribution in [3.05, 3.63) is 96.2 Å². The summed E-state index contributed by atoms with van der Waals surface area (Å²) in [5, 5.41) is 4.23. The molecule has 0 saturated carbocycles. The van der Waals surface area contributed by atoms with E-state index < -0.39 is 10.0 Å². The molecule has 0 unspecified atom stereocenters. The summed E-state index contributed by atoms with van der Waals surface area (Å²) < 4.78 is 38.9. The highest BCUT2D eigenvalue weighted by molar-refractivity contribution is 7.92.